The van der Waals surface area contributed by atoms with E-state index in [1.165, 1.54) is 44.1 Å². The topological polar surface area (TPSA) is 63.2 Å². The second-order valence-corrected chi connectivity index (χ2v) is 12.7. The lowest BCUT2D eigenvalue weighted by Gasteiger charge is -2.57. The smallest absolute Gasteiger partial charge is 0.262 e. The van der Waals surface area contributed by atoms with Crippen LogP contribution in [-0.2, 0) is 10.2 Å². The Labute approximate surface area is 259 Å². The van der Waals surface area contributed by atoms with E-state index in [1.807, 2.05) is 83.9 Å². The van der Waals surface area contributed by atoms with E-state index in [0.29, 0.717) is 16.9 Å². The zero-order valence-electron chi connectivity index (χ0n) is 25.2. The third-order valence-electron chi connectivity index (χ3n) is 9.69. The zero-order chi connectivity index (χ0) is 29.9. The SMILES string of the molecule is COc1cc(/C=N\N(c2ccccc2)c2ccccc2)ccc1OCC(=O)Nc1ccc(C23CC4CC(CC(C4)C2)C3)cc1. The molecule has 4 fully saturated rings. The van der Waals surface area contributed by atoms with E-state index in [4.69, 9.17) is 14.6 Å². The zero-order valence-corrected chi connectivity index (χ0v) is 25.2. The number of hydrazone groups is 1. The molecule has 4 saturated carbocycles. The largest absolute Gasteiger partial charge is 0.493 e. The average molecular weight is 586 g/mol. The Morgan fingerprint density at radius 2 is 1.41 bits per heavy atom. The highest BCUT2D eigenvalue weighted by Crippen LogP contribution is 2.60. The Kier molecular flexibility index (Phi) is 7.82. The summed E-state index contributed by atoms with van der Waals surface area (Å²) in [6.45, 7) is -0.115. The summed E-state index contributed by atoms with van der Waals surface area (Å²) >= 11 is 0. The van der Waals surface area contributed by atoms with Gasteiger partial charge in [-0.1, -0.05) is 48.5 Å². The van der Waals surface area contributed by atoms with Crippen LogP contribution >= 0.6 is 0 Å². The summed E-state index contributed by atoms with van der Waals surface area (Å²) < 4.78 is 11.5. The van der Waals surface area contributed by atoms with Gasteiger partial charge in [-0.15, -0.1) is 0 Å². The molecular weight excluding hydrogens is 546 g/mol. The van der Waals surface area contributed by atoms with Crippen LogP contribution in [0.15, 0.2) is 108 Å². The number of rotatable bonds is 10. The van der Waals surface area contributed by atoms with Gasteiger partial charge in [0.1, 0.15) is 0 Å². The van der Waals surface area contributed by atoms with Gasteiger partial charge in [0.25, 0.3) is 5.91 Å². The first kappa shape index (κ1) is 28.2. The van der Waals surface area contributed by atoms with Crippen molar-refractivity contribution in [2.24, 2.45) is 22.9 Å². The maximum atomic E-state index is 12.8. The summed E-state index contributed by atoms with van der Waals surface area (Å²) in [6.07, 6.45) is 10.1. The standard InChI is InChI=1S/C38H39N3O3/c1-43-36-21-27(25-39-41(33-8-4-2-5-9-33)34-10-6-3-7-11-34)12-17-35(36)44-26-37(42)40-32-15-13-31(14-16-32)38-22-28-18-29(23-38)20-30(19-28)24-38/h2-17,21,25,28-30H,18-20,22-24,26H2,1H3,(H,40,42)/b39-25-. The number of nitrogens with one attached hydrogen (secondary N) is 1. The van der Waals surface area contributed by atoms with Crippen LogP contribution in [0.3, 0.4) is 0 Å². The van der Waals surface area contributed by atoms with Gasteiger partial charge >= 0.3 is 0 Å². The molecule has 4 aromatic carbocycles. The van der Waals surface area contributed by atoms with Crippen molar-refractivity contribution in [1.29, 1.82) is 0 Å². The second kappa shape index (κ2) is 12.2. The third-order valence-corrected chi connectivity index (χ3v) is 9.69. The van der Waals surface area contributed by atoms with E-state index >= 15 is 0 Å². The highest BCUT2D eigenvalue weighted by atomic mass is 16.5. The number of anilines is 3. The van der Waals surface area contributed by atoms with E-state index in [9.17, 15) is 4.79 Å². The number of nitrogens with zero attached hydrogens (tertiary/aromatic N) is 2. The van der Waals surface area contributed by atoms with E-state index < -0.39 is 0 Å². The van der Waals surface area contributed by atoms with Crippen molar-refractivity contribution in [2.75, 3.05) is 24.0 Å². The molecule has 0 atom stereocenters. The van der Waals surface area contributed by atoms with Gasteiger partial charge in [-0.25, -0.2) is 5.01 Å². The molecule has 6 heteroatoms. The molecule has 1 N–H and O–H groups in total. The quantitative estimate of drug-likeness (QED) is 0.150. The van der Waals surface area contributed by atoms with Crippen molar-refractivity contribution in [3.8, 4) is 11.5 Å². The van der Waals surface area contributed by atoms with Crippen molar-refractivity contribution in [2.45, 2.75) is 43.9 Å². The minimum absolute atomic E-state index is 0.115. The molecule has 8 rings (SSSR count). The highest BCUT2D eigenvalue weighted by molar-refractivity contribution is 5.92. The molecule has 44 heavy (non-hydrogen) atoms. The number of carbonyl (C=O) groups is 1. The molecule has 4 aromatic rings. The monoisotopic (exact) mass is 585 g/mol. The van der Waals surface area contributed by atoms with Gasteiger partial charge < -0.3 is 14.8 Å². The third kappa shape index (κ3) is 5.94. The van der Waals surface area contributed by atoms with Gasteiger partial charge in [0, 0.05) is 5.69 Å². The number of carbonyl (C=O) groups excluding carboxylic acids is 1. The van der Waals surface area contributed by atoms with Gasteiger partial charge in [0.2, 0.25) is 0 Å². The van der Waals surface area contributed by atoms with E-state index in [2.05, 4.69) is 29.6 Å². The van der Waals surface area contributed by atoms with Crippen molar-refractivity contribution < 1.29 is 14.3 Å². The molecule has 4 aliphatic rings. The number of benzene rings is 4. The van der Waals surface area contributed by atoms with E-state index in [0.717, 1.165) is 40.4 Å². The Morgan fingerprint density at radius 3 is 1.98 bits per heavy atom. The maximum Gasteiger partial charge on any atom is 0.262 e. The van der Waals surface area contributed by atoms with Gasteiger partial charge in [-0.2, -0.15) is 5.10 Å². The van der Waals surface area contributed by atoms with Gasteiger partial charge in [0.15, 0.2) is 18.1 Å². The minimum Gasteiger partial charge on any atom is -0.493 e. The number of methoxy groups -OCH3 is 1. The van der Waals surface area contributed by atoms with E-state index in [1.54, 1.807) is 13.3 Å². The molecule has 0 aliphatic heterocycles. The Morgan fingerprint density at radius 1 is 0.818 bits per heavy atom. The number of hydrogen-bond donors (Lipinski definition) is 1. The molecule has 4 bridgehead atoms. The van der Waals surface area contributed by atoms with Crippen LogP contribution < -0.4 is 19.8 Å². The van der Waals surface area contributed by atoms with Crippen LogP contribution in [0.25, 0.3) is 0 Å². The molecule has 0 unspecified atom stereocenters. The molecule has 1 amide bonds. The summed E-state index contributed by atoms with van der Waals surface area (Å²) in [5.41, 5.74) is 5.36. The summed E-state index contributed by atoms with van der Waals surface area (Å²) in [7, 11) is 1.59. The van der Waals surface area contributed by atoms with Crippen molar-refractivity contribution in [3.63, 3.8) is 0 Å². The predicted molar refractivity (Wildman–Crippen MR) is 176 cm³/mol. The van der Waals surface area contributed by atoms with E-state index in [-0.39, 0.29) is 12.5 Å². The fraction of sp³-hybridized carbons (Fsp3) is 0.316. The first-order chi connectivity index (χ1) is 21.6. The van der Waals surface area contributed by atoms with Crippen LogP contribution in [0, 0.1) is 17.8 Å². The highest BCUT2D eigenvalue weighted by Gasteiger charge is 2.51. The normalized spacial score (nSPS) is 23.4. The van der Waals surface area contributed by atoms with Crippen LogP contribution in [0.5, 0.6) is 11.5 Å². The summed E-state index contributed by atoms with van der Waals surface area (Å²) in [6, 6.07) is 34.2. The lowest BCUT2D eigenvalue weighted by Crippen LogP contribution is -2.48. The minimum atomic E-state index is -0.207. The molecule has 224 valence electrons. The lowest BCUT2D eigenvalue weighted by atomic mass is 9.48. The number of para-hydroxylation sites is 2. The molecule has 0 radical (unpaired) electrons. The van der Waals surface area contributed by atoms with Crippen LogP contribution in [0.4, 0.5) is 17.1 Å². The summed E-state index contributed by atoms with van der Waals surface area (Å²) in [5, 5.41) is 9.65. The van der Waals surface area contributed by atoms with Gasteiger partial charge in [-0.05, 0) is 127 Å². The molecule has 4 aliphatic carbocycles. The molecule has 0 aromatic heterocycles. The van der Waals surface area contributed by atoms with Crippen LogP contribution in [0.2, 0.25) is 0 Å². The Balaban J connectivity index is 0.979. The number of hydrogen-bond acceptors (Lipinski definition) is 5. The molecule has 6 nitrogen and oxygen atoms in total. The molecule has 0 heterocycles. The summed E-state index contributed by atoms with van der Waals surface area (Å²) in [4.78, 5) is 12.8. The number of amides is 1. The van der Waals surface area contributed by atoms with Crippen LogP contribution in [0.1, 0.15) is 49.7 Å². The predicted octanol–water partition coefficient (Wildman–Crippen LogP) is 8.35. The Bertz CT molecular complexity index is 1540. The average Bonchev–Trinajstić information content (AvgIpc) is 3.05. The van der Waals surface area contributed by atoms with Gasteiger partial charge in [0.05, 0.1) is 24.7 Å². The van der Waals surface area contributed by atoms with Crippen LogP contribution in [-0.4, -0.2) is 25.8 Å². The molecule has 0 spiro atoms. The van der Waals surface area contributed by atoms with Crippen molar-refractivity contribution >= 4 is 29.2 Å². The number of ether oxygens (including phenoxy) is 2. The fourth-order valence-electron chi connectivity index (χ4n) is 8.14. The maximum absolute atomic E-state index is 12.8. The second-order valence-electron chi connectivity index (χ2n) is 12.7. The fourth-order valence-corrected chi connectivity index (χ4v) is 8.14. The van der Waals surface area contributed by atoms with Crippen molar-refractivity contribution in [1.82, 2.24) is 0 Å². The Hall–Kier alpha value is -4.58. The lowest BCUT2D eigenvalue weighted by molar-refractivity contribution is -0.118. The van der Waals surface area contributed by atoms with Gasteiger partial charge in [-0.3, -0.25) is 4.79 Å². The summed E-state index contributed by atoms with van der Waals surface area (Å²) in [5.74, 6) is 3.56. The first-order valence-corrected chi connectivity index (χ1v) is 15.7. The first-order valence-electron chi connectivity index (χ1n) is 15.7. The molecule has 0 saturated heterocycles. The molecular formula is C38H39N3O3. The van der Waals surface area contributed by atoms with Crippen molar-refractivity contribution in [3.05, 3.63) is 114 Å².